The van der Waals surface area contributed by atoms with Crippen molar-refractivity contribution in [2.45, 2.75) is 12.5 Å². The number of hydrogen-bond acceptors (Lipinski definition) is 4. The Kier molecular flexibility index (Phi) is 6.14. The summed E-state index contributed by atoms with van der Waals surface area (Å²) in [6.07, 6.45) is -0.823. The first kappa shape index (κ1) is 14.4. The fourth-order valence-corrected chi connectivity index (χ4v) is 1.13. The number of rotatable bonds is 3. The smallest absolute Gasteiger partial charge is 0.375 e. The summed E-state index contributed by atoms with van der Waals surface area (Å²) in [5.74, 6) is -0.814. The summed E-state index contributed by atoms with van der Waals surface area (Å²) in [5, 5.41) is 0. The number of amides is 1. The van der Waals surface area contributed by atoms with Crippen molar-refractivity contribution in [1.29, 1.82) is 0 Å². The quantitative estimate of drug-likeness (QED) is 0.601. The molecule has 5 nitrogen and oxygen atoms in total. The zero-order chi connectivity index (χ0) is 11.3. The van der Waals surface area contributed by atoms with Crippen LogP contribution in [0.1, 0.15) is 5.56 Å². The van der Waals surface area contributed by atoms with Crippen molar-refractivity contribution in [1.82, 2.24) is 0 Å². The van der Waals surface area contributed by atoms with E-state index in [0.29, 0.717) is 6.42 Å². The molecule has 0 aromatic heterocycles. The predicted molar refractivity (Wildman–Crippen MR) is 61.0 cm³/mol. The summed E-state index contributed by atoms with van der Waals surface area (Å²) < 4.78 is 4.16. The van der Waals surface area contributed by atoms with Gasteiger partial charge < -0.3 is 16.2 Å². The van der Waals surface area contributed by atoms with Gasteiger partial charge in [-0.25, -0.2) is 9.59 Å². The van der Waals surface area contributed by atoms with Gasteiger partial charge in [0, 0.05) is 0 Å². The van der Waals surface area contributed by atoms with Crippen LogP contribution < -0.4 is 11.5 Å². The van der Waals surface area contributed by atoms with Crippen LogP contribution in [0.15, 0.2) is 30.3 Å². The van der Waals surface area contributed by atoms with Crippen LogP contribution in [0.3, 0.4) is 0 Å². The van der Waals surface area contributed by atoms with Crippen molar-refractivity contribution < 1.29 is 14.3 Å². The Bertz CT molecular complexity index is 356. The summed E-state index contributed by atoms with van der Waals surface area (Å²) >= 11 is 0. The van der Waals surface area contributed by atoms with Crippen molar-refractivity contribution in [3.63, 3.8) is 0 Å². The van der Waals surface area contributed by atoms with E-state index in [1.165, 1.54) is 0 Å². The molecule has 1 aromatic rings. The Balaban J connectivity index is 0.00000225. The minimum atomic E-state index is -1.14. The third-order valence-corrected chi connectivity index (χ3v) is 1.80. The number of hydrogen-bond donors (Lipinski definition) is 2. The first-order valence-electron chi connectivity index (χ1n) is 4.40. The van der Waals surface area contributed by atoms with Crippen molar-refractivity contribution >= 4 is 24.5 Å². The van der Waals surface area contributed by atoms with Gasteiger partial charge in [-0.3, -0.25) is 0 Å². The zero-order valence-corrected chi connectivity index (χ0v) is 9.28. The van der Waals surface area contributed by atoms with Gasteiger partial charge in [0.05, 0.1) is 0 Å². The van der Waals surface area contributed by atoms with E-state index >= 15 is 0 Å². The maximum absolute atomic E-state index is 11.1. The second kappa shape index (κ2) is 6.81. The molecule has 0 aliphatic carbocycles. The number of nitrogens with two attached hydrogens (primary N) is 2. The molecule has 0 aliphatic rings. The molecule has 6 heteroatoms. The molecule has 0 radical (unpaired) electrons. The number of primary amides is 1. The van der Waals surface area contributed by atoms with Gasteiger partial charge in [-0.1, -0.05) is 30.3 Å². The molecule has 1 atom stereocenters. The molecule has 16 heavy (non-hydrogen) atoms. The van der Waals surface area contributed by atoms with Crippen LogP contribution in [-0.2, 0) is 16.0 Å². The van der Waals surface area contributed by atoms with Crippen LogP contribution in [0, 0.1) is 0 Å². The highest BCUT2D eigenvalue weighted by Crippen LogP contribution is 2.02. The third-order valence-electron chi connectivity index (χ3n) is 1.80. The van der Waals surface area contributed by atoms with Crippen molar-refractivity contribution in [2.75, 3.05) is 0 Å². The summed E-state index contributed by atoms with van der Waals surface area (Å²) in [4.78, 5) is 21.4. The number of benzene rings is 1. The maximum atomic E-state index is 11.1. The molecule has 88 valence electrons. The van der Waals surface area contributed by atoms with Crippen LogP contribution in [0.25, 0.3) is 0 Å². The molecule has 0 heterocycles. The molecule has 0 fully saturated rings. The molecular weight excluding hydrogens is 232 g/mol. The van der Waals surface area contributed by atoms with Gasteiger partial charge in [0.1, 0.15) is 6.04 Å². The van der Waals surface area contributed by atoms with E-state index in [4.69, 9.17) is 5.73 Å². The van der Waals surface area contributed by atoms with E-state index in [9.17, 15) is 9.59 Å². The Morgan fingerprint density at radius 1 is 1.25 bits per heavy atom. The molecular formula is C10H13ClN2O3. The fraction of sp³-hybridized carbons (Fsp3) is 0.200. The van der Waals surface area contributed by atoms with Gasteiger partial charge in [0.15, 0.2) is 0 Å². The molecule has 4 N–H and O–H groups in total. The molecule has 1 aromatic carbocycles. The van der Waals surface area contributed by atoms with E-state index in [0.717, 1.165) is 5.56 Å². The van der Waals surface area contributed by atoms with Gasteiger partial charge in [-0.2, -0.15) is 0 Å². The predicted octanol–water partition coefficient (Wildman–Crippen LogP) is 0.600. The van der Waals surface area contributed by atoms with E-state index in [1.54, 1.807) is 0 Å². The van der Waals surface area contributed by atoms with Gasteiger partial charge in [0.2, 0.25) is 0 Å². The van der Waals surface area contributed by atoms with Gasteiger partial charge in [0.25, 0.3) is 0 Å². The lowest BCUT2D eigenvalue weighted by atomic mass is 10.1. The summed E-state index contributed by atoms with van der Waals surface area (Å²) in [7, 11) is 0. The molecule has 1 unspecified atom stereocenters. The van der Waals surface area contributed by atoms with Crippen LogP contribution in [0.5, 0.6) is 0 Å². The van der Waals surface area contributed by atoms with E-state index in [2.05, 4.69) is 10.5 Å². The number of ether oxygens (including phenoxy) is 1. The number of esters is 1. The summed E-state index contributed by atoms with van der Waals surface area (Å²) in [6.45, 7) is 0. The van der Waals surface area contributed by atoms with E-state index in [-0.39, 0.29) is 12.4 Å². The molecule has 0 saturated carbocycles. The van der Waals surface area contributed by atoms with Crippen molar-refractivity contribution in [2.24, 2.45) is 11.5 Å². The van der Waals surface area contributed by atoms with Crippen molar-refractivity contribution in [3.05, 3.63) is 35.9 Å². The summed E-state index contributed by atoms with van der Waals surface area (Å²) in [6, 6.07) is 8.31. The minimum Gasteiger partial charge on any atom is -0.375 e. The van der Waals surface area contributed by atoms with Crippen LogP contribution >= 0.6 is 12.4 Å². The topological polar surface area (TPSA) is 95.4 Å². The molecule has 0 spiro atoms. The van der Waals surface area contributed by atoms with Crippen LogP contribution in [-0.4, -0.2) is 18.1 Å². The first-order chi connectivity index (χ1) is 7.09. The van der Waals surface area contributed by atoms with Gasteiger partial charge in [-0.05, 0) is 12.0 Å². The van der Waals surface area contributed by atoms with E-state index in [1.807, 2.05) is 30.3 Å². The third kappa shape index (κ3) is 4.77. The molecule has 1 rings (SSSR count). The molecule has 0 aliphatic heterocycles. The normalized spacial score (nSPS) is 11.1. The Morgan fingerprint density at radius 2 is 1.81 bits per heavy atom. The largest absolute Gasteiger partial charge is 0.412 e. The number of carbonyl (C=O) groups is 2. The average Bonchev–Trinajstić information content (AvgIpc) is 2.18. The SMILES string of the molecule is Cl.NC(=O)OC(=O)C(N)Cc1ccccc1. The Hall–Kier alpha value is -1.59. The maximum Gasteiger partial charge on any atom is 0.412 e. The van der Waals surface area contributed by atoms with Crippen molar-refractivity contribution in [3.8, 4) is 0 Å². The lowest BCUT2D eigenvalue weighted by molar-refractivity contribution is -0.138. The monoisotopic (exact) mass is 244 g/mol. The van der Waals surface area contributed by atoms with E-state index < -0.39 is 18.1 Å². The lowest BCUT2D eigenvalue weighted by Crippen LogP contribution is -2.36. The zero-order valence-electron chi connectivity index (χ0n) is 8.46. The Labute approximate surface area is 99.2 Å². The van der Waals surface area contributed by atoms with Crippen LogP contribution in [0.4, 0.5) is 4.79 Å². The highest BCUT2D eigenvalue weighted by molar-refractivity contribution is 5.87. The first-order valence-corrected chi connectivity index (χ1v) is 4.40. The van der Waals surface area contributed by atoms with Gasteiger partial charge >= 0.3 is 12.1 Å². The summed E-state index contributed by atoms with van der Waals surface area (Å²) in [5.41, 5.74) is 11.1. The standard InChI is InChI=1S/C10H12N2O3.ClH/c11-8(9(13)15-10(12)14)6-7-4-2-1-3-5-7;/h1-5,8H,6,11H2,(H2,12,14);1H. The fourth-order valence-electron chi connectivity index (χ4n) is 1.13. The second-order valence-corrected chi connectivity index (χ2v) is 3.04. The second-order valence-electron chi connectivity index (χ2n) is 3.04. The Morgan fingerprint density at radius 3 is 2.31 bits per heavy atom. The van der Waals surface area contributed by atoms with Crippen LogP contribution in [0.2, 0.25) is 0 Å². The lowest BCUT2D eigenvalue weighted by Gasteiger charge is -2.08. The molecule has 1 amide bonds. The highest BCUT2D eigenvalue weighted by Gasteiger charge is 2.17. The number of carbonyl (C=O) groups excluding carboxylic acids is 2. The number of halogens is 1. The minimum absolute atomic E-state index is 0. The highest BCUT2D eigenvalue weighted by atomic mass is 35.5. The molecule has 0 bridgehead atoms. The van der Waals surface area contributed by atoms with Gasteiger partial charge in [-0.15, -0.1) is 12.4 Å². The average molecular weight is 245 g/mol. The molecule has 0 saturated heterocycles.